The van der Waals surface area contributed by atoms with E-state index in [1.807, 2.05) is 30.3 Å². The summed E-state index contributed by atoms with van der Waals surface area (Å²) in [6, 6.07) is 14.0. The highest BCUT2D eigenvalue weighted by atomic mass is 16.4. The van der Waals surface area contributed by atoms with Crippen LogP contribution in [0.2, 0.25) is 0 Å². The van der Waals surface area contributed by atoms with Gasteiger partial charge in [0.15, 0.2) is 0 Å². The zero-order valence-corrected chi connectivity index (χ0v) is 10.3. The summed E-state index contributed by atoms with van der Waals surface area (Å²) in [5.41, 5.74) is 1.94. The highest BCUT2D eigenvalue weighted by Crippen LogP contribution is 2.24. The smallest absolute Gasteiger partial charge is 0.128 e. The molecule has 0 unspecified atom stereocenters. The standard InChI is InChI=1S/C15H15NO3/c17-12-7-8-13(15(18)10-12)14(16-19)9-6-11-4-2-1-3-5-11/h1-5,7-8,10,17-19H,6,9H2. The number of benzene rings is 2. The molecule has 0 aliphatic heterocycles. The van der Waals surface area contributed by atoms with Crippen LogP contribution in [0.5, 0.6) is 11.5 Å². The van der Waals surface area contributed by atoms with Crippen LogP contribution in [-0.2, 0) is 6.42 Å². The van der Waals surface area contributed by atoms with Crippen LogP contribution in [0.3, 0.4) is 0 Å². The van der Waals surface area contributed by atoms with E-state index < -0.39 is 0 Å². The van der Waals surface area contributed by atoms with Gasteiger partial charge in [-0.3, -0.25) is 0 Å². The summed E-state index contributed by atoms with van der Waals surface area (Å²) in [7, 11) is 0. The molecule has 0 saturated carbocycles. The van der Waals surface area contributed by atoms with Gasteiger partial charge in [-0.05, 0) is 30.5 Å². The minimum Gasteiger partial charge on any atom is -0.508 e. The molecule has 98 valence electrons. The first-order valence-electron chi connectivity index (χ1n) is 5.98. The summed E-state index contributed by atoms with van der Waals surface area (Å²) < 4.78 is 0. The molecule has 0 spiro atoms. The third-order valence-corrected chi connectivity index (χ3v) is 2.91. The zero-order chi connectivity index (χ0) is 13.7. The molecule has 0 saturated heterocycles. The van der Waals surface area contributed by atoms with Crippen molar-refractivity contribution >= 4 is 5.71 Å². The number of aromatic hydroxyl groups is 2. The fourth-order valence-electron chi connectivity index (χ4n) is 1.91. The molecule has 4 heteroatoms. The summed E-state index contributed by atoms with van der Waals surface area (Å²) in [5.74, 6) is -0.123. The summed E-state index contributed by atoms with van der Waals surface area (Å²) in [6.07, 6.45) is 1.21. The lowest BCUT2D eigenvalue weighted by Gasteiger charge is -2.07. The second-order valence-corrected chi connectivity index (χ2v) is 4.23. The highest BCUT2D eigenvalue weighted by molar-refractivity contribution is 6.02. The Labute approximate surface area is 111 Å². The van der Waals surface area contributed by atoms with Gasteiger partial charge in [0.1, 0.15) is 11.5 Å². The van der Waals surface area contributed by atoms with Crippen molar-refractivity contribution in [2.24, 2.45) is 5.16 Å². The van der Waals surface area contributed by atoms with E-state index >= 15 is 0 Å². The van der Waals surface area contributed by atoms with Crippen molar-refractivity contribution in [2.75, 3.05) is 0 Å². The predicted octanol–water partition coefficient (Wildman–Crippen LogP) is 2.91. The van der Waals surface area contributed by atoms with E-state index in [1.165, 1.54) is 18.2 Å². The SMILES string of the molecule is ON=C(CCc1ccccc1)c1ccc(O)cc1O. The molecule has 0 amide bonds. The Kier molecular flexibility index (Phi) is 4.03. The molecule has 4 nitrogen and oxygen atoms in total. The van der Waals surface area contributed by atoms with Crippen LogP contribution in [0, 0.1) is 0 Å². The number of rotatable bonds is 4. The lowest BCUT2D eigenvalue weighted by atomic mass is 10.0. The molecule has 0 fully saturated rings. The van der Waals surface area contributed by atoms with Crippen molar-refractivity contribution < 1.29 is 15.4 Å². The molecular weight excluding hydrogens is 242 g/mol. The Bertz CT molecular complexity index is 579. The predicted molar refractivity (Wildman–Crippen MR) is 72.9 cm³/mol. The molecule has 2 rings (SSSR count). The van der Waals surface area contributed by atoms with Crippen molar-refractivity contribution in [1.82, 2.24) is 0 Å². The molecule has 3 N–H and O–H groups in total. The summed E-state index contributed by atoms with van der Waals surface area (Å²) in [5, 5.41) is 31.3. The molecule has 19 heavy (non-hydrogen) atoms. The maximum Gasteiger partial charge on any atom is 0.128 e. The zero-order valence-electron chi connectivity index (χ0n) is 10.3. The highest BCUT2D eigenvalue weighted by Gasteiger charge is 2.10. The van der Waals surface area contributed by atoms with Gasteiger partial charge in [0.05, 0.1) is 5.71 Å². The Hall–Kier alpha value is -2.49. The minimum atomic E-state index is -0.0964. The molecule has 0 aliphatic rings. The topological polar surface area (TPSA) is 73.1 Å². The van der Waals surface area contributed by atoms with Crippen LogP contribution in [-0.4, -0.2) is 21.1 Å². The average Bonchev–Trinajstić information content (AvgIpc) is 2.42. The molecule has 0 radical (unpaired) electrons. The van der Waals surface area contributed by atoms with Crippen molar-refractivity contribution in [2.45, 2.75) is 12.8 Å². The number of phenols is 2. The number of aryl methyl sites for hydroxylation is 1. The molecule has 0 bridgehead atoms. The van der Waals surface area contributed by atoms with Crippen molar-refractivity contribution in [3.8, 4) is 11.5 Å². The summed E-state index contributed by atoms with van der Waals surface area (Å²) >= 11 is 0. The lowest BCUT2D eigenvalue weighted by molar-refractivity contribution is 0.317. The first kappa shape index (κ1) is 13.0. The van der Waals surface area contributed by atoms with Gasteiger partial charge in [0.25, 0.3) is 0 Å². The minimum absolute atomic E-state index is 0.0263. The van der Waals surface area contributed by atoms with E-state index in [0.29, 0.717) is 24.1 Å². The fraction of sp³-hybridized carbons (Fsp3) is 0.133. The third-order valence-electron chi connectivity index (χ3n) is 2.91. The number of oxime groups is 1. The second kappa shape index (κ2) is 5.91. The van der Waals surface area contributed by atoms with Crippen molar-refractivity contribution in [1.29, 1.82) is 0 Å². The van der Waals surface area contributed by atoms with Crippen LogP contribution < -0.4 is 0 Å². The van der Waals surface area contributed by atoms with Gasteiger partial charge in [-0.15, -0.1) is 0 Å². The lowest BCUT2D eigenvalue weighted by Crippen LogP contribution is -2.03. The number of phenolic OH excluding ortho intramolecular Hbond substituents is 2. The fourth-order valence-corrected chi connectivity index (χ4v) is 1.91. The van der Waals surface area contributed by atoms with Gasteiger partial charge < -0.3 is 15.4 Å². The van der Waals surface area contributed by atoms with E-state index in [1.54, 1.807) is 0 Å². The van der Waals surface area contributed by atoms with Crippen molar-refractivity contribution in [3.05, 3.63) is 59.7 Å². The van der Waals surface area contributed by atoms with E-state index in [-0.39, 0.29) is 11.5 Å². The van der Waals surface area contributed by atoms with Gasteiger partial charge in [0, 0.05) is 11.6 Å². The molecule has 0 atom stereocenters. The van der Waals surface area contributed by atoms with Gasteiger partial charge in [-0.2, -0.15) is 0 Å². The quantitative estimate of drug-likeness (QED) is 0.448. The average molecular weight is 257 g/mol. The third kappa shape index (κ3) is 3.25. The maximum atomic E-state index is 9.74. The number of hydrogen-bond donors (Lipinski definition) is 3. The molecular formula is C15H15NO3. The van der Waals surface area contributed by atoms with Gasteiger partial charge in [-0.25, -0.2) is 0 Å². The maximum absolute atomic E-state index is 9.74. The van der Waals surface area contributed by atoms with Crippen molar-refractivity contribution in [3.63, 3.8) is 0 Å². The summed E-state index contributed by atoms with van der Waals surface area (Å²) in [6.45, 7) is 0. The molecule has 2 aromatic carbocycles. The van der Waals surface area contributed by atoms with Crippen LogP contribution in [0.25, 0.3) is 0 Å². The molecule has 2 aromatic rings. The van der Waals surface area contributed by atoms with Gasteiger partial charge >= 0.3 is 0 Å². The Morgan fingerprint density at radius 3 is 2.37 bits per heavy atom. The van der Waals surface area contributed by atoms with Crippen LogP contribution in [0.15, 0.2) is 53.7 Å². The van der Waals surface area contributed by atoms with E-state index in [0.717, 1.165) is 5.56 Å². The largest absolute Gasteiger partial charge is 0.508 e. The monoisotopic (exact) mass is 257 g/mol. The Balaban J connectivity index is 2.13. The first-order chi connectivity index (χ1) is 9.20. The van der Waals surface area contributed by atoms with Gasteiger partial charge in [0.2, 0.25) is 0 Å². The number of hydrogen-bond acceptors (Lipinski definition) is 4. The molecule has 0 aromatic heterocycles. The molecule has 0 heterocycles. The first-order valence-corrected chi connectivity index (χ1v) is 5.98. The number of nitrogens with zero attached hydrogens (tertiary/aromatic N) is 1. The second-order valence-electron chi connectivity index (χ2n) is 4.23. The van der Waals surface area contributed by atoms with E-state index in [2.05, 4.69) is 5.16 Å². The molecule has 0 aliphatic carbocycles. The van der Waals surface area contributed by atoms with E-state index in [9.17, 15) is 10.2 Å². The van der Waals surface area contributed by atoms with Crippen LogP contribution >= 0.6 is 0 Å². The van der Waals surface area contributed by atoms with Crippen LogP contribution in [0.1, 0.15) is 17.5 Å². The summed E-state index contributed by atoms with van der Waals surface area (Å²) in [4.78, 5) is 0. The Morgan fingerprint density at radius 1 is 1.00 bits per heavy atom. The van der Waals surface area contributed by atoms with Crippen LogP contribution in [0.4, 0.5) is 0 Å². The van der Waals surface area contributed by atoms with Gasteiger partial charge in [-0.1, -0.05) is 35.5 Å². The Morgan fingerprint density at radius 2 is 1.74 bits per heavy atom. The van der Waals surface area contributed by atoms with E-state index in [4.69, 9.17) is 5.21 Å². The normalized spacial score (nSPS) is 11.5.